The maximum Gasteiger partial charge on any atom is 0.410 e. The number of carbonyl (C=O) groups is 1. The fraction of sp³-hybridized carbons (Fsp3) is 0.276. The van der Waals surface area contributed by atoms with Gasteiger partial charge >= 0.3 is 6.09 Å². The maximum absolute atomic E-state index is 13.6. The molecule has 0 aliphatic carbocycles. The first kappa shape index (κ1) is 26.3. The number of aryl methyl sites for hydroxylation is 1. The minimum atomic E-state index is -3.87. The number of aromatic nitrogens is 1. The molecule has 0 fully saturated rings. The summed E-state index contributed by atoms with van der Waals surface area (Å²) in [5, 5.41) is 0.677. The summed E-state index contributed by atoms with van der Waals surface area (Å²) in [5.41, 5.74) is 2.50. The van der Waals surface area contributed by atoms with Crippen LogP contribution in [0.4, 0.5) is 4.79 Å². The van der Waals surface area contributed by atoms with Gasteiger partial charge in [-0.1, -0.05) is 48.0 Å². The fourth-order valence-corrected chi connectivity index (χ4v) is 5.28. The van der Waals surface area contributed by atoms with Crippen molar-refractivity contribution in [2.75, 3.05) is 7.05 Å². The Kier molecular flexibility index (Phi) is 7.32. The van der Waals surface area contributed by atoms with E-state index in [9.17, 15) is 13.2 Å². The van der Waals surface area contributed by atoms with Crippen LogP contribution >= 0.6 is 0 Å². The number of rotatable bonds is 7. The Balaban J connectivity index is 1.74. The van der Waals surface area contributed by atoms with E-state index in [4.69, 9.17) is 9.47 Å². The molecule has 1 heterocycles. The summed E-state index contributed by atoms with van der Waals surface area (Å²) >= 11 is 0. The second-order valence-corrected chi connectivity index (χ2v) is 11.9. The molecule has 0 bridgehead atoms. The molecule has 0 unspecified atom stereocenters. The molecule has 1 aromatic heterocycles. The van der Waals surface area contributed by atoms with Crippen LogP contribution in [0.5, 0.6) is 5.75 Å². The quantitative estimate of drug-likeness (QED) is 0.293. The van der Waals surface area contributed by atoms with Crippen LogP contribution < -0.4 is 4.74 Å². The van der Waals surface area contributed by atoms with Crippen LogP contribution in [-0.4, -0.2) is 36.0 Å². The molecule has 7 nitrogen and oxygen atoms in total. The van der Waals surface area contributed by atoms with Gasteiger partial charge in [0, 0.05) is 18.6 Å². The second-order valence-electron chi connectivity index (χ2n) is 10.1. The highest BCUT2D eigenvalue weighted by atomic mass is 32.2. The Hall–Kier alpha value is -3.78. The normalized spacial score (nSPS) is 11.9. The molecule has 4 aromatic rings. The van der Waals surface area contributed by atoms with E-state index in [2.05, 4.69) is 0 Å². The fourth-order valence-electron chi connectivity index (χ4n) is 3.88. The van der Waals surface area contributed by atoms with Crippen molar-refractivity contribution >= 4 is 27.0 Å². The summed E-state index contributed by atoms with van der Waals surface area (Å²) < 4.78 is 40.0. The lowest BCUT2D eigenvalue weighted by Gasteiger charge is -2.24. The maximum atomic E-state index is 13.6. The minimum Gasteiger partial charge on any atom is -0.489 e. The highest BCUT2D eigenvalue weighted by molar-refractivity contribution is 7.90. The summed E-state index contributed by atoms with van der Waals surface area (Å²) in [6.45, 7) is 7.84. The largest absolute Gasteiger partial charge is 0.489 e. The van der Waals surface area contributed by atoms with E-state index in [0.717, 1.165) is 11.1 Å². The van der Waals surface area contributed by atoms with Crippen molar-refractivity contribution in [3.63, 3.8) is 0 Å². The molecule has 0 N–H and O–H groups in total. The molecule has 0 saturated heterocycles. The number of fused-ring (bicyclic) bond motifs is 1. The van der Waals surface area contributed by atoms with Crippen LogP contribution in [0.1, 0.15) is 37.5 Å². The van der Waals surface area contributed by atoms with Crippen LogP contribution in [0.3, 0.4) is 0 Å². The number of benzene rings is 3. The van der Waals surface area contributed by atoms with Gasteiger partial charge in [0.05, 0.1) is 17.0 Å². The van der Waals surface area contributed by atoms with Crippen LogP contribution in [0.25, 0.3) is 10.9 Å². The monoisotopic (exact) mass is 520 g/mol. The van der Waals surface area contributed by atoms with Gasteiger partial charge in [0.2, 0.25) is 0 Å². The molecule has 8 heteroatoms. The number of nitrogens with zero attached hydrogens (tertiary/aromatic N) is 2. The zero-order valence-electron chi connectivity index (χ0n) is 21.8. The lowest BCUT2D eigenvalue weighted by Crippen LogP contribution is -2.33. The van der Waals surface area contributed by atoms with Gasteiger partial charge in [-0.05, 0) is 69.2 Å². The molecular formula is C29H32N2O5S. The van der Waals surface area contributed by atoms with E-state index in [1.54, 1.807) is 70.4 Å². The summed E-state index contributed by atoms with van der Waals surface area (Å²) in [7, 11) is -2.25. The first-order chi connectivity index (χ1) is 17.4. The van der Waals surface area contributed by atoms with Gasteiger partial charge in [-0.15, -0.1) is 0 Å². The molecule has 0 radical (unpaired) electrons. The average Bonchev–Trinajstić information content (AvgIpc) is 3.21. The smallest absolute Gasteiger partial charge is 0.410 e. The van der Waals surface area contributed by atoms with Gasteiger partial charge in [-0.2, -0.15) is 0 Å². The molecule has 0 spiro atoms. The van der Waals surface area contributed by atoms with Gasteiger partial charge < -0.3 is 14.4 Å². The Morgan fingerprint density at radius 3 is 2.30 bits per heavy atom. The Morgan fingerprint density at radius 2 is 1.65 bits per heavy atom. The van der Waals surface area contributed by atoms with E-state index in [0.29, 0.717) is 28.8 Å². The Bertz CT molecular complexity index is 1500. The van der Waals surface area contributed by atoms with Crippen molar-refractivity contribution in [2.24, 2.45) is 0 Å². The predicted octanol–water partition coefficient (Wildman–Crippen LogP) is 6.13. The number of carbonyl (C=O) groups excluding carboxylic acids is 1. The van der Waals surface area contributed by atoms with Crippen LogP contribution in [-0.2, 0) is 27.9 Å². The third-order valence-electron chi connectivity index (χ3n) is 5.76. The Morgan fingerprint density at radius 1 is 0.973 bits per heavy atom. The van der Waals surface area contributed by atoms with Crippen LogP contribution in [0.2, 0.25) is 0 Å². The van der Waals surface area contributed by atoms with Crippen molar-refractivity contribution < 1.29 is 22.7 Å². The van der Waals surface area contributed by atoms with Crippen LogP contribution in [0.15, 0.2) is 83.9 Å². The number of hydrogen-bond donors (Lipinski definition) is 0. The topological polar surface area (TPSA) is 77.8 Å². The highest BCUT2D eigenvalue weighted by Crippen LogP contribution is 2.31. The molecule has 0 aliphatic rings. The van der Waals surface area contributed by atoms with Crippen LogP contribution in [0, 0.1) is 6.92 Å². The number of hydrogen-bond acceptors (Lipinski definition) is 5. The molecule has 0 atom stereocenters. The van der Waals surface area contributed by atoms with Crippen molar-refractivity contribution in [3.8, 4) is 5.75 Å². The summed E-state index contributed by atoms with van der Waals surface area (Å²) in [6, 6.07) is 21.8. The van der Waals surface area contributed by atoms with Crippen molar-refractivity contribution in [3.05, 3.63) is 95.7 Å². The second kappa shape index (κ2) is 10.3. The summed E-state index contributed by atoms with van der Waals surface area (Å²) in [4.78, 5) is 14.3. The zero-order valence-corrected chi connectivity index (χ0v) is 22.6. The summed E-state index contributed by atoms with van der Waals surface area (Å²) in [5.74, 6) is 0.600. The molecule has 0 aliphatic heterocycles. The van der Waals surface area contributed by atoms with Gasteiger partial charge in [-0.25, -0.2) is 17.2 Å². The third kappa shape index (κ3) is 6.14. The molecule has 37 heavy (non-hydrogen) atoms. The van der Waals surface area contributed by atoms with E-state index < -0.39 is 21.7 Å². The average molecular weight is 521 g/mol. The highest BCUT2D eigenvalue weighted by Gasteiger charge is 2.24. The summed E-state index contributed by atoms with van der Waals surface area (Å²) in [6.07, 6.45) is 1.08. The van der Waals surface area contributed by atoms with Crippen molar-refractivity contribution in [1.29, 1.82) is 0 Å². The van der Waals surface area contributed by atoms with Gasteiger partial charge in [0.25, 0.3) is 10.0 Å². The van der Waals surface area contributed by atoms with E-state index in [-0.39, 0.29) is 11.4 Å². The van der Waals surface area contributed by atoms with Crippen molar-refractivity contribution in [1.82, 2.24) is 8.87 Å². The first-order valence-corrected chi connectivity index (χ1v) is 13.4. The molecule has 3 aromatic carbocycles. The number of amides is 1. The van der Waals surface area contributed by atoms with Gasteiger partial charge in [0.1, 0.15) is 18.0 Å². The minimum absolute atomic E-state index is 0.157. The standard InChI is InChI=1S/C29H32N2O5S/c1-21-11-14-25(15-12-21)37(33,34)31-19-23(18-30(5)28(32)36-29(2,3)4)26-17-24(13-16-27(26)31)35-20-22-9-7-6-8-10-22/h6-17,19H,18,20H2,1-5H3. The third-order valence-corrected chi connectivity index (χ3v) is 7.45. The van der Waals surface area contributed by atoms with Crippen molar-refractivity contribution in [2.45, 2.75) is 51.3 Å². The Labute approximate surface area is 218 Å². The van der Waals surface area contributed by atoms with E-state index in [1.165, 1.54) is 8.87 Å². The molecule has 0 saturated carbocycles. The lowest BCUT2D eigenvalue weighted by atomic mass is 10.1. The molecule has 194 valence electrons. The predicted molar refractivity (Wildman–Crippen MR) is 144 cm³/mol. The zero-order chi connectivity index (χ0) is 26.8. The SMILES string of the molecule is Cc1ccc(S(=O)(=O)n2cc(CN(C)C(=O)OC(C)(C)C)c3cc(OCc4ccccc4)ccc32)cc1. The molecule has 1 amide bonds. The molecular weight excluding hydrogens is 488 g/mol. The number of ether oxygens (including phenoxy) is 2. The van der Waals surface area contributed by atoms with Gasteiger partial charge in [0.15, 0.2) is 0 Å². The lowest BCUT2D eigenvalue weighted by molar-refractivity contribution is 0.0286. The van der Waals surface area contributed by atoms with E-state index >= 15 is 0 Å². The van der Waals surface area contributed by atoms with Gasteiger partial charge in [-0.3, -0.25) is 0 Å². The van der Waals surface area contributed by atoms with E-state index in [1.807, 2.05) is 43.3 Å². The first-order valence-electron chi connectivity index (χ1n) is 12.0. The molecule has 4 rings (SSSR count).